The number of para-hydroxylation sites is 1. The summed E-state index contributed by atoms with van der Waals surface area (Å²) in [5, 5.41) is 7.76. The van der Waals surface area contributed by atoms with E-state index in [9.17, 15) is 0 Å². The molecule has 0 saturated carbocycles. The Kier molecular flexibility index (Phi) is 11.6. The Morgan fingerprint density at radius 3 is 2.71 bits per heavy atom. The van der Waals surface area contributed by atoms with Gasteiger partial charge in [-0.25, -0.2) is 9.98 Å². The molecule has 9 heteroatoms. The predicted octanol–water partition coefficient (Wildman–Crippen LogP) is 3.34. The van der Waals surface area contributed by atoms with Crippen LogP contribution in [0.5, 0.6) is 5.75 Å². The number of benzene rings is 1. The number of aryl methyl sites for hydroxylation is 2. The maximum atomic E-state index is 6.08. The van der Waals surface area contributed by atoms with Crippen LogP contribution < -0.4 is 15.4 Å². The lowest BCUT2D eigenvalue weighted by atomic mass is 10.2. The average molecular weight is 560 g/mol. The second kappa shape index (κ2) is 13.9. The first-order valence-electron chi connectivity index (χ1n) is 10.6. The van der Waals surface area contributed by atoms with Gasteiger partial charge in [0.1, 0.15) is 17.4 Å². The van der Waals surface area contributed by atoms with Gasteiger partial charge >= 0.3 is 0 Å². The van der Waals surface area contributed by atoms with Crippen LogP contribution in [0, 0.1) is 13.8 Å². The summed E-state index contributed by atoms with van der Waals surface area (Å²) in [6.07, 6.45) is 0. The van der Waals surface area contributed by atoms with Crippen LogP contribution in [-0.2, 0) is 17.8 Å². The number of thiazole rings is 1. The second-order valence-electron chi connectivity index (χ2n) is 7.21. The van der Waals surface area contributed by atoms with Gasteiger partial charge in [0.15, 0.2) is 5.96 Å². The standard InChI is InChI=1S/C22H33N5O2S.HI/c1-4-23-22(25-16-21-26-17(2)18(3)30-21)24-15-19-7-5-6-8-20(19)29-14-11-27-9-12-28-13-10-27;/h5-8H,4,9-16H2,1-3H3,(H2,23,24,25);1H. The van der Waals surface area contributed by atoms with Crippen molar-refractivity contribution in [3.05, 3.63) is 45.4 Å². The molecule has 2 heterocycles. The van der Waals surface area contributed by atoms with Crippen molar-refractivity contribution in [2.24, 2.45) is 4.99 Å². The molecule has 2 N–H and O–H groups in total. The summed E-state index contributed by atoms with van der Waals surface area (Å²) in [6, 6.07) is 8.13. The molecular weight excluding hydrogens is 525 g/mol. The summed E-state index contributed by atoms with van der Waals surface area (Å²) in [7, 11) is 0. The number of aromatic nitrogens is 1. The van der Waals surface area contributed by atoms with Crippen LogP contribution >= 0.6 is 35.3 Å². The van der Waals surface area contributed by atoms with Gasteiger partial charge in [-0.1, -0.05) is 18.2 Å². The third-order valence-electron chi connectivity index (χ3n) is 4.97. The molecule has 1 aliphatic heterocycles. The highest BCUT2D eigenvalue weighted by atomic mass is 127. The number of hydrogen-bond donors (Lipinski definition) is 2. The number of morpholine rings is 1. The highest BCUT2D eigenvalue weighted by Crippen LogP contribution is 2.19. The average Bonchev–Trinajstić information content (AvgIpc) is 3.09. The van der Waals surface area contributed by atoms with E-state index in [4.69, 9.17) is 14.5 Å². The normalized spacial score (nSPS) is 14.7. The number of rotatable bonds is 9. The smallest absolute Gasteiger partial charge is 0.191 e. The Morgan fingerprint density at radius 2 is 2.00 bits per heavy atom. The van der Waals surface area contributed by atoms with Crippen LogP contribution in [0.25, 0.3) is 0 Å². The summed E-state index contributed by atoms with van der Waals surface area (Å²) in [4.78, 5) is 13.0. The Labute approximate surface area is 206 Å². The first kappa shape index (κ1) is 25.8. The van der Waals surface area contributed by atoms with Crippen molar-refractivity contribution >= 4 is 41.3 Å². The molecule has 0 spiro atoms. The quantitative estimate of drug-likeness (QED) is 0.279. The number of nitrogens with zero attached hydrogens (tertiary/aromatic N) is 3. The van der Waals surface area contributed by atoms with Crippen molar-refractivity contribution in [1.82, 2.24) is 20.5 Å². The highest BCUT2D eigenvalue weighted by molar-refractivity contribution is 14.0. The van der Waals surface area contributed by atoms with Gasteiger partial charge in [0.05, 0.1) is 32.0 Å². The van der Waals surface area contributed by atoms with Gasteiger partial charge in [-0.3, -0.25) is 4.90 Å². The molecule has 1 aliphatic rings. The van der Waals surface area contributed by atoms with E-state index in [2.05, 4.69) is 40.4 Å². The molecule has 1 aromatic heterocycles. The predicted molar refractivity (Wildman–Crippen MR) is 138 cm³/mol. The molecule has 1 saturated heterocycles. The fourth-order valence-corrected chi connectivity index (χ4v) is 4.04. The second-order valence-corrected chi connectivity index (χ2v) is 8.50. The van der Waals surface area contributed by atoms with Crippen LogP contribution in [0.4, 0.5) is 0 Å². The summed E-state index contributed by atoms with van der Waals surface area (Å²) in [5.74, 6) is 1.68. The zero-order chi connectivity index (χ0) is 21.2. The van der Waals surface area contributed by atoms with Crippen LogP contribution in [0.1, 0.15) is 28.1 Å². The van der Waals surface area contributed by atoms with Gasteiger partial charge < -0.3 is 20.1 Å². The Balaban J connectivity index is 0.00000341. The van der Waals surface area contributed by atoms with Gasteiger partial charge in [-0.15, -0.1) is 35.3 Å². The van der Waals surface area contributed by atoms with Crippen molar-refractivity contribution in [3.63, 3.8) is 0 Å². The molecule has 0 radical (unpaired) electrons. The molecule has 3 rings (SSSR count). The molecule has 1 fully saturated rings. The van der Waals surface area contributed by atoms with Gasteiger partial charge in [0.2, 0.25) is 0 Å². The number of ether oxygens (including phenoxy) is 2. The van der Waals surface area contributed by atoms with Crippen molar-refractivity contribution < 1.29 is 9.47 Å². The Hall–Kier alpha value is -1.43. The molecular formula is C22H34IN5O2S. The molecule has 0 aliphatic carbocycles. The van der Waals surface area contributed by atoms with E-state index in [1.165, 1.54) is 4.88 Å². The topological polar surface area (TPSA) is 71.0 Å². The van der Waals surface area contributed by atoms with Gasteiger partial charge in [-0.2, -0.15) is 0 Å². The number of guanidine groups is 1. The maximum absolute atomic E-state index is 6.08. The third kappa shape index (κ3) is 8.55. The highest BCUT2D eigenvalue weighted by Gasteiger charge is 2.11. The van der Waals surface area contributed by atoms with E-state index in [-0.39, 0.29) is 24.0 Å². The zero-order valence-corrected chi connectivity index (χ0v) is 21.8. The minimum Gasteiger partial charge on any atom is -0.492 e. The molecule has 0 amide bonds. The first-order chi connectivity index (χ1) is 14.7. The van der Waals surface area contributed by atoms with Crippen LogP contribution in [0.3, 0.4) is 0 Å². The van der Waals surface area contributed by atoms with E-state index in [0.717, 1.165) is 67.4 Å². The SMILES string of the molecule is CCNC(=NCc1ccccc1OCCN1CCOCC1)NCc1nc(C)c(C)s1.I. The molecule has 0 unspecified atom stereocenters. The van der Waals surface area contributed by atoms with Crippen molar-refractivity contribution in [2.45, 2.75) is 33.9 Å². The minimum absolute atomic E-state index is 0. The van der Waals surface area contributed by atoms with Crippen molar-refractivity contribution in [1.29, 1.82) is 0 Å². The molecule has 7 nitrogen and oxygen atoms in total. The number of aliphatic imine (C=N–C) groups is 1. The van der Waals surface area contributed by atoms with E-state index >= 15 is 0 Å². The van der Waals surface area contributed by atoms with Crippen LogP contribution in [-0.4, -0.2) is 61.8 Å². The molecule has 172 valence electrons. The Bertz CT molecular complexity index is 804. The van der Waals surface area contributed by atoms with Gasteiger partial charge in [0.25, 0.3) is 0 Å². The Morgan fingerprint density at radius 1 is 1.23 bits per heavy atom. The summed E-state index contributed by atoms with van der Waals surface area (Å²) < 4.78 is 11.5. The summed E-state index contributed by atoms with van der Waals surface area (Å²) >= 11 is 1.72. The van der Waals surface area contributed by atoms with E-state index in [1.807, 2.05) is 25.1 Å². The maximum Gasteiger partial charge on any atom is 0.191 e. The first-order valence-corrected chi connectivity index (χ1v) is 11.4. The molecule has 2 aromatic rings. The van der Waals surface area contributed by atoms with E-state index in [0.29, 0.717) is 19.7 Å². The lowest BCUT2D eigenvalue weighted by Crippen LogP contribution is -2.38. The molecule has 1 aromatic carbocycles. The monoisotopic (exact) mass is 559 g/mol. The lowest BCUT2D eigenvalue weighted by Gasteiger charge is -2.26. The van der Waals surface area contributed by atoms with E-state index < -0.39 is 0 Å². The number of hydrogen-bond acceptors (Lipinski definition) is 6. The molecule has 0 atom stereocenters. The van der Waals surface area contributed by atoms with E-state index in [1.54, 1.807) is 11.3 Å². The lowest BCUT2D eigenvalue weighted by molar-refractivity contribution is 0.0322. The fraction of sp³-hybridized carbons (Fsp3) is 0.545. The zero-order valence-electron chi connectivity index (χ0n) is 18.6. The van der Waals surface area contributed by atoms with Gasteiger partial charge in [0, 0.05) is 36.6 Å². The number of nitrogens with one attached hydrogen (secondary N) is 2. The molecule has 0 bridgehead atoms. The third-order valence-corrected chi connectivity index (χ3v) is 6.05. The molecule has 31 heavy (non-hydrogen) atoms. The summed E-state index contributed by atoms with van der Waals surface area (Å²) in [6.45, 7) is 13.4. The van der Waals surface area contributed by atoms with Gasteiger partial charge in [-0.05, 0) is 26.8 Å². The summed E-state index contributed by atoms with van der Waals surface area (Å²) in [5.41, 5.74) is 2.18. The largest absolute Gasteiger partial charge is 0.492 e. The fourth-order valence-electron chi connectivity index (χ4n) is 3.16. The van der Waals surface area contributed by atoms with Crippen LogP contribution in [0.15, 0.2) is 29.3 Å². The van der Waals surface area contributed by atoms with Crippen molar-refractivity contribution in [3.8, 4) is 5.75 Å². The van der Waals surface area contributed by atoms with Crippen LogP contribution in [0.2, 0.25) is 0 Å². The minimum atomic E-state index is 0. The van der Waals surface area contributed by atoms with Crippen molar-refractivity contribution in [2.75, 3.05) is 46.0 Å². The number of halogens is 1.